The molecule has 0 heterocycles. The van der Waals surface area contributed by atoms with E-state index in [1.165, 1.54) is 0 Å². The maximum Gasteiger partial charge on any atom is 0.313 e. The lowest BCUT2D eigenvalue weighted by molar-refractivity contribution is -0.136. The molecule has 25 heavy (non-hydrogen) atoms. The summed E-state index contributed by atoms with van der Waals surface area (Å²) in [6.07, 6.45) is -0.333. The lowest BCUT2D eigenvalue weighted by atomic mass is 10.1. The van der Waals surface area contributed by atoms with Gasteiger partial charge < -0.3 is 15.7 Å². The summed E-state index contributed by atoms with van der Waals surface area (Å²) in [5.41, 5.74) is 4.53. The highest BCUT2D eigenvalue weighted by Crippen LogP contribution is 2.21. The van der Waals surface area contributed by atoms with Crippen LogP contribution >= 0.6 is 0 Å². The standard InChI is InChI=1S/C20H24N2O3/c1-13-9-14(2)18(15(3)10-13)22-20(25)19(24)21-12-17(23)11-16-7-5-4-6-8-16/h4-10,17,23H,11-12H2,1-3H3,(H,21,24)(H,22,25). The molecule has 132 valence electrons. The van der Waals surface area contributed by atoms with Crippen LogP contribution in [0.25, 0.3) is 0 Å². The molecule has 5 heteroatoms. The third-order valence-corrected chi connectivity index (χ3v) is 3.93. The van der Waals surface area contributed by atoms with Gasteiger partial charge in [0, 0.05) is 18.7 Å². The van der Waals surface area contributed by atoms with Gasteiger partial charge in [0.25, 0.3) is 0 Å². The fourth-order valence-corrected chi connectivity index (χ4v) is 2.80. The monoisotopic (exact) mass is 340 g/mol. The van der Waals surface area contributed by atoms with E-state index < -0.39 is 17.9 Å². The SMILES string of the molecule is Cc1cc(C)c(NC(=O)C(=O)NCC(O)Cc2ccccc2)c(C)c1. The number of nitrogens with one attached hydrogen (secondary N) is 2. The highest BCUT2D eigenvalue weighted by Gasteiger charge is 2.17. The van der Waals surface area contributed by atoms with Crippen molar-refractivity contribution in [2.75, 3.05) is 11.9 Å². The van der Waals surface area contributed by atoms with Gasteiger partial charge in [-0.2, -0.15) is 0 Å². The zero-order valence-electron chi connectivity index (χ0n) is 14.8. The number of anilines is 1. The minimum absolute atomic E-state index is 0.0208. The molecule has 0 fully saturated rings. The molecule has 0 spiro atoms. The Kier molecular flexibility index (Phi) is 6.31. The fourth-order valence-electron chi connectivity index (χ4n) is 2.80. The van der Waals surface area contributed by atoms with Gasteiger partial charge >= 0.3 is 11.8 Å². The molecule has 2 rings (SSSR count). The Hall–Kier alpha value is -2.66. The Labute approximate surface area is 148 Å². The first kappa shape index (κ1) is 18.7. The lowest BCUT2D eigenvalue weighted by Gasteiger charge is -2.14. The number of hydrogen-bond acceptors (Lipinski definition) is 3. The highest BCUT2D eigenvalue weighted by atomic mass is 16.3. The van der Waals surface area contributed by atoms with Crippen LogP contribution < -0.4 is 10.6 Å². The van der Waals surface area contributed by atoms with E-state index in [2.05, 4.69) is 10.6 Å². The van der Waals surface area contributed by atoms with E-state index >= 15 is 0 Å². The normalized spacial score (nSPS) is 11.7. The van der Waals surface area contributed by atoms with Crippen molar-refractivity contribution in [3.05, 3.63) is 64.7 Å². The van der Waals surface area contributed by atoms with Crippen molar-refractivity contribution in [3.63, 3.8) is 0 Å². The maximum atomic E-state index is 12.1. The van der Waals surface area contributed by atoms with Crippen LogP contribution in [0, 0.1) is 20.8 Å². The Balaban J connectivity index is 1.87. The van der Waals surface area contributed by atoms with Crippen LogP contribution in [0.15, 0.2) is 42.5 Å². The first-order valence-corrected chi connectivity index (χ1v) is 8.26. The summed E-state index contributed by atoms with van der Waals surface area (Å²) in [4.78, 5) is 24.0. The van der Waals surface area contributed by atoms with Gasteiger partial charge in [-0.05, 0) is 37.5 Å². The van der Waals surface area contributed by atoms with Crippen LogP contribution in [0.3, 0.4) is 0 Å². The average molecular weight is 340 g/mol. The van der Waals surface area contributed by atoms with Crippen LogP contribution in [0.2, 0.25) is 0 Å². The van der Waals surface area contributed by atoms with Crippen molar-refractivity contribution in [2.24, 2.45) is 0 Å². The molecule has 0 aromatic heterocycles. The Morgan fingerprint density at radius 2 is 1.60 bits per heavy atom. The molecule has 5 nitrogen and oxygen atoms in total. The number of benzene rings is 2. The van der Waals surface area contributed by atoms with E-state index in [9.17, 15) is 14.7 Å². The third kappa shape index (κ3) is 5.43. The maximum absolute atomic E-state index is 12.1. The van der Waals surface area contributed by atoms with Crippen molar-refractivity contribution in [3.8, 4) is 0 Å². The van der Waals surface area contributed by atoms with Crippen LogP contribution in [-0.4, -0.2) is 29.6 Å². The molecular formula is C20H24N2O3. The molecule has 0 aliphatic rings. The molecule has 1 unspecified atom stereocenters. The Morgan fingerprint density at radius 3 is 2.20 bits per heavy atom. The van der Waals surface area contributed by atoms with E-state index in [1.54, 1.807) is 0 Å². The summed E-state index contributed by atoms with van der Waals surface area (Å²) in [7, 11) is 0. The first-order valence-electron chi connectivity index (χ1n) is 8.26. The quantitative estimate of drug-likeness (QED) is 0.731. The summed E-state index contributed by atoms with van der Waals surface area (Å²) < 4.78 is 0. The van der Waals surface area contributed by atoms with Crippen molar-refractivity contribution < 1.29 is 14.7 Å². The summed E-state index contributed by atoms with van der Waals surface area (Å²) in [5.74, 6) is -1.49. The number of aliphatic hydroxyl groups is 1. The average Bonchev–Trinajstić information content (AvgIpc) is 2.56. The molecule has 1 atom stereocenters. The molecule has 0 saturated carbocycles. The zero-order chi connectivity index (χ0) is 18.4. The largest absolute Gasteiger partial charge is 0.391 e. The van der Waals surface area contributed by atoms with Crippen LogP contribution in [-0.2, 0) is 16.0 Å². The second-order valence-corrected chi connectivity index (χ2v) is 6.28. The number of hydrogen-bond donors (Lipinski definition) is 3. The molecular weight excluding hydrogens is 316 g/mol. The van der Waals surface area contributed by atoms with Crippen LogP contribution in [0.4, 0.5) is 5.69 Å². The number of aliphatic hydroxyl groups excluding tert-OH is 1. The second-order valence-electron chi connectivity index (χ2n) is 6.28. The predicted molar refractivity (Wildman–Crippen MR) is 98.4 cm³/mol. The first-order chi connectivity index (χ1) is 11.9. The zero-order valence-corrected chi connectivity index (χ0v) is 14.8. The van der Waals surface area contributed by atoms with E-state index in [4.69, 9.17) is 0 Å². The van der Waals surface area contributed by atoms with Crippen LogP contribution in [0.1, 0.15) is 22.3 Å². The minimum atomic E-state index is -0.758. The molecule has 0 aliphatic carbocycles. The molecule has 2 aromatic carbocycles. The summed E-state index contributed by atoms with van der Waals surface area (Å²) >= 11 is 0. The van der Waals surface area contributed by atoms with E-state index in [1.807, 2.05) is 63.2 Å². The molecule has 3 N–H and O–H groups in total. The smallest absolute Gasteiger partial charge is 0.313 e. The van der Waals surface area contributed by atoms with E-state index in [0.29, 0.717) is 12.1 Å². The van der Waals surface area contributed by atoms with Gasteiger partial charge in [0.1, 0.15) is 0 Å². The third-order valence-electron chi connectivity index (χ3n) is 3.93. The number of rotatable bonds is 5. The molecule has 0 radical (unpaired) electrons. The summed E-state index contributed by atoms with van der Waals surface area (Å²) in [6.45, 7) is 5.77. The van der Waals surface area contributed by atoms with E-state index in [0.717, 1.165) is 22.3 Å². The summed E-state index contributed by atoms with van der Waals surface area (Å²) in [5, 5.41) is 15.1. The predicted octanol–water partition coefficient (Wildman–Crippen LogP) is 2.27. The van der Waals surface area contributed by atoms with Gasteiger partial charge in [-0.3, -0.25) is 9.59 Å². The number of carbonyl (C=O) groups excluding carboxylic acids is 2. The molecule has 0 aliphatic heterocycles. The molecule has 2 aromatic rings. The van der Waals surface area contributed by atoms with Crippen molar-refractivity contribution >= 4 is 17.5 Å². The van der Waals surface area contributed by atoms with Gasteiger partial charge in [0.05, 0.1) is 6.10 Å². The number of aryl methyl sites for hydroxylation is 3. The molecule has 0 saturated heterocycles. The Morgan fingerprint density at radius 1 is 1.00 bits per heavy atom. The Bertz CT molecular complexity index is 734. The van der Waals surface area contributed by atoms with Crippen molar-refractivity contribution in [1.29, 1.82) is 0 Å². The minimum Gasteiger partial charge on any atom is -0.391 e. The molecule has 2 amide bonds. The van der Waals surface area contributed by atoms with Crippen molar-refractivity contribution in [2.45, 2.75) is 33.3 Å². The lowest BCUT2D eigenvalue weighted by Crippen LogP contribution is -2.40. The fraction of sp³-hybridized carbons (Fsp3) is 0.300. The molecule has 0 bridgehead atoms. The summed E-state index contributed by atoms with van der Waals surface area (Å²) in [6, 6.07) is 13.4. The topological polar surface area (TPSA) is 78.4 Å². The number of amides is 2. The van der Waals surface area contributed by atoms with Crippen LogP contribution in [0.5, 0.6) is 0 Å². The van der Waals surface area contributed by atoms with Gasteiger partial charge in [0.2, 0.25) is 0 Å². The van der Waals surface area contributed by atoms with Gasteiger partial charge in [-0.15, -0.1) is 0 Å². The van der Waals surface area contributed by atoms with E-state index in [-0.39, 0.29) is 6.54 Å². The van der Waals surface area contributed by atoms with Gasteiger partial charge in [0.15, 0.2) is 0 Å². The van der Waals surface area contributed by atoms with Gasteiger partial charge in [-0.1, -0.05) is 48.0 Å². The van der Waals surface area contributed by atoms with Gasteiger partial charge in [-0.25, -0.2) is 0 Å². The van der Waals surface area contributed by atoms with Crippen molar-refractivity contribution in [1.82, 2.24) is 5.32 Å². The highest BCUT2D eigenvalue weighted by molar-refractivity contribution is 6.39. The number of carbonyl (C=O) groups is 2. The second kappa shape index (κ2) is 8.44.